The van der Waals surface area contributed by atoms with Gasteiger partial charge in [0.15, 0.2) is 11.0 Å². The van der Waals surface area contributed by atoms with E-state index >= 15 is 0 Å². The average Bonchev–Trinajstić information content (AvgIpc) is 3.49. The van der Waals surface area contributed by atoms with Gasteiger partial charge in [-0.3, -0.25) is 4.79 Å². The Balaban J connectivity index is 1.36. The van der Waals surface area contributed by atoms with Gasteiger partial charge in [0.2, 0.25) is 5.91 Å². The average molecular weight is 535 g/mol. The summed E-state index contributed by atoms with van der Waals surface area (Å²) in [5, 5.41) is 13.2. The van der Waals surface area contributed by atoms with Crippen molar-refractivity contribution in [2.75, 3.05) is 17.7 Å². The number of nitrogens with zero attached hydrogens (tertiary/aromatic N) is 3. The van der Waals surface area contributed by atoms with Crippen LogP contribution in [0.4, 0.5) is 5.00 Å². The predicted octanol–water partition coefficient (Wildman–Crippen LogP) is 5.12. The molecule has 1 amide bonds. The van der Waals surface area contributed by atoms with Crippen molar-refractivity contribution in [2.24, 2.45) is 7.05 Å². The summed E-state index contributed by atoms with van der Waals surface area (Å²) in [5.41, 5.74) is 3.42. The van der Waals surface area contributed by atoms with Crippen LogP contribution in [0, 0.1) is 13.8 Å². The minimum Gasteiger partial charge on any atom is -0.486 e. The highest BCUT2D eigenvalue weighted by Gasteiger charge is 2.28. The first-order chi connectivity index (χ1) is 16.8. The van der Waals surface area contributed by atoms with E-state index in [0.29, 0.717) is 33.9 Å². The monoisotopic (exact) mass is 534 g/mol. The van der Waals surface area contributed by atoms with Gasteiger partial charge in [-0.15, -0.1) is 21.5 Å². The molecule has 4 rings (SSSR count). The van der Waals surface area contributed by atoms with Crippen molar-refractivity contribution >= 4 is 51.6 Å². The lowest BCUT2D eigenvalue weighted by molar-refractivity contribution is -0.113. The SMILES string of the molecule is CCOC(=O)c1c(NC(=O)CSc2nnc(COc3cc(C)c(Cl)c(C)c3)n2C)sc2c1CCC2. The third-order valence-corrected chi connectivity index (χ3v) is 8.51. The molecule has 0 saturated heterocycles. The van der Waals surface area contributed by atoms with E-state index in [9.17, 15) is 9.59 Å². The van der Waals surface area contributed by atoms with Gasteiger partial charge in [-0.25, -0.2) is 4.79 Å². The Labute approximate surface area is 217 Å². The lowest BCUT2D eigenvalue weighted by Gasteiger charge is -2.10. The van der Waals surface area contributed by atoms with Gasteiger partial charge >= 0.3 is 5.97 Å². The highest BCUT2D eigenvalue weighted by Crippen LogP contribution is 2.39. The Bertz CT molecular complexity index is 1250. The zero-order valence-electron chi connectivity index (χ0n) is 20.1. The van der Waals surface area contributed by atoms with E-state index in [2.05, 4.69) is 15.5 Å². The fraction of sp³-hybridized carbons (Fsp3) is 0.417. The molecule has 1 aliphatic carbocycles. The zero-order valence-corrected chi connectivity index (χ0v) is 22.5. The molecule has 0 spiro atoms. The number of carbonyl (C=O) groups excluding carboxylic acids is 2. The standard InChI is InChI=1S/C24H27ClN4O4S2/c1-5-32-23(31)20-16-7-6-8-17(16)35-22(20)26-19(30)12-34-24-28-27-18(29(24)4)11-33-15-9-13(2)21(25)14(3)10-15/h9-10H,5-8,11-12H2,1-4H3,(H,26,30). The zero-order chi connectivity index (χ0) is 25.1. The van der Waals surface area contributed by atoms with Crippen LogP contribution in [-0.4, -0.2) is 39.0 Å². The summed E-state index contributed by atoms with van der Waals surface area (Å²) >= 11 is 8.96. The van der Waals surface area contributed by atoms with E-state index in [4.69, 9.17) is 21.1 Å². The summed E-state index contributed by atoms with van der Waals surface area (Å²) in [4.78, 5) is 26.3. The van der Waals surface area contributed by atoms with Crippen molar-refractivity contribution in [3.63, 3.8) is 0 Å². The van der Waals surface area contributed by atoms with Crippen LogP contribution in [-0.2, 0) is 36.0 Å². The quantitative estimate of drug-likeness (QED) is 0.300. The molecule has 0 saturated carbocycles. The maximum absolute atomic E-state index is 12.7. The van der Waals surface area contributed by atoms with Gasteiger partial charge in [0.1, 0.15) is 17.4 Å². The second kappa shape index (κ2) is 11.0. The third-order valence-electron chi connectivity index (χ3n) is 5.69. The fourth-order valence-electron chi connectivity index (χ4n) is 3.94. The molecule has 2 aromatic heterocycles. The maximum atomic E-state index is 12.7. The normalized spacial score (nSPS) is 12.5. The molecule has 1 N–H and O–H groups in total. The van der Waals surface area contributed by atoms with Crippen LogP contribution < -0.4 is 10.1 Å². The van der Waals surface area contributed by atoms with Crippen molar-refractivity contribution in [3.8, 4) is 5.75 Å². The number of fused-ring (bicyclic) bond motifs is 1. The highest BCUT2D eigenvalue weighted by molar-refractivity contribution is 7.99. The molecule has 0 bridgehead atoms. The Morgan fingerprint density at radius 3 is 2.69 bits per heavy atom. The molecule has 0 aliphatic heterocycles. The van der Waals surface area contributed by atoms with Crippen LogP contribution in [0.5, 0.6) is 5.75 Å². The van der Waals surface area contributed by atoms with Gasteiger partial charge in [0.05, 0.1) is 17.9 Å². The molecule has 11 heteroatoms. The number of aryl methyl sites for hydroxylation is 3. The van der Waals surface area contributed by atoms with Gasteiger partial charge < -0.3 is 19.4 Å². The Kier molecular flexibility index (Phi) is 8.03. The number of thiophene rings is 1. The number of thioether (sulfide) groups is 1. The molecule has 8 nitrogen and oxygen atoms in total. The number of anilines is 1. The first-order valence-corrected chi connectivity index (χ1v) is 13.5. The maximum Gasteiger partial charge on any atom is 0.341 e. The van der Waals surface area contributed by atoms with Crippen molar-refractivity contribution in [1.82, 2.24) is 14.8 Å². The molecule has 3 aromatic rings. The van der Waals surface area contributed by atoms with Crippen molar-refractivity contribution in [1.29, 1.82) is 0 Å². The summed E-state index contributed by atoms with van der Waals surface area (Å²) in [6, 6.07) is 3.77. The van der Waals surface area contributed by atoms with Crippen molar-refractivity contribution < 1.29 is 19.1 Å². The fourth-order valence-corrected chi connectivity index (χ4v) is 6.07. The van der Waals surface area contributed by atoms with E-state index in [1.165, 1.54) is 23.1 Å². The first-order valence-electron chi connectivity index (χ1n) is 11.3. The number of hydrogen-bond donors (Lipinski definition) is 1. The summed E-state index contributed by atoms with van der Waals surface area (Å²) in [6.45, 7) is 6.17. The van der Waals surface area contributed by atoms with Crippen LogP contribution in [0.1, 0.15) is 51.1 Å². The summed E-state index contributed by atoms with van der Waals surface area (Å²) in [5.74, 6) is 0.888. The Hall–Kier alpha value is -2.56. The molecular formula is C24H27ClN4O4S2. The topological polar surface area (TPSA) is 95.3 Å². The van der Waals surface area contributed by atoms with Crippen LogP contribution in [0.25, 0.3) is 0 Å². The Morgan fingerprint density at radius 1 is 1.23 bits per heavy atom. The minimum absolute atomic E-state index is 0.132. The van der Waals surface area contributed by atoms with Gasteiger partial charge in [-0.2, -0.15) is 0 Å². The molecule has 1 aromatic carbocycles. The van der Waals surface area contributed by atoms with E-state index in [0.717, 1.165) is 45.9 Å². The van der Waals surface area contributed by atoms with Crippen molar-refractivity contribution in [2.45, 2.75) is 51.8 Å². The number of rotatable bonds is 9. The van der Waals surface area contributed by atoms with Crippen LogP contribution in [0.2, 0.25) is 5.02 Å². The Morgan fingerprint density at radius 2 is 1.97 bits per heavy atom. The number of halogens is 1. The van der Waals surface area contributed by atoms with E-state index in [-0.39, 0.29) is 24.2 Å². The number of benzene rings is 1. The molecule has 0 atom stereocenters. The van der Waals surface area contributed by atoms with E-state index in [1.807, 2.05) is 33.0 Å². The van der Waals surface area contributed by atoms with Crippen molar-refractivity contribution in [3.05, 3.63) is 50.1 Å². The molecule has 35 heavy (non-hydrogen) atoms. The van der Waals surface area contributed by atoms with Crippen LogP contribution >= 0.6 is 34.7 Å². The number of nitrogens with one attached hydrogen (secondary N) is 1. The van der Waals surface area contributed by atoms with Gasteiger partial charge in [0, 0.05) is 16.9 Å². The first kappa shape index (κ1) is 25.5. The van der Waals surface area contributed by atoms with Gasteiger partial charge in [-0.05, 0) is 68.9 Å². The molecule has 0 unspecified atom stereocenters. The molecule has 0 radical (unpaired) electrons. The number of aromatic nitrogens is 3. The van der Waals surface area contributed by atoms with E-state index in [1.54, 1.807) is 11.5 Å². The number of ether oxygens (including phenoxy) is 2. The predicted molar refractivity (Wildman–Crippen MR) is 138 cm³/mol. The smallest absolute Gasteiger partial charge is 0.341 e. The van der Waals surface area contributed by atoms with Crippen LogP contribution in [0.3, 0.4) is 0 Å². The molecular weight excluding hydrogens is 508 g/mol. The lowest BCUT2D eigenvalue weighted by atomic mass is 10.1. The second-order valence-corrected chi connectivity index (χ2v) is 10.7. The van der Waals surface area contributed by atoms with Gasteiger partial charge in [-0.1, -0.05) is 23.4 Å². The van der Waals surface area contributed by atoms with Gasteiger partial charge in [0.25, 0.3) is 0 Å². The molecule has 186 valence electrons. The number of carbonyl (C=O) groups is 2. The van der Waals surface area contributed by atoms with E-state index < -0.39 is 0 Å². The lowest BCUT2D eigenvalue weighted by Crippen LogP contribution is -2.17. The minimum atomic E-state index is -0.376. The number of esters is 1. The molecule has 2 heterocycles. The highest BCUT2D eigenvalue weighted by atomic mass is 35.5. The third kappa shape index (κ3) is 5.65. The summed E-state index contributed by atoms with van der Waals surface area (Å²) in [7, 11) is 1.83. The van der Waals surface area contributed by atoms with Crippen LogP contribution in [0.15, 0.2) is 17.3 Å². The number of amides is 1. The largest absolute Gasteiger partial charge is 0.486 e. The number of hydrogen-bond acceptors (Lipinski definition) is 8. The summed E-state index contributed by atoms with van der Waals surface area (Å²) in [6.07, 6.45) is 2.78. The molecule has 1 aliphatic rings. The summed E-state index contributed by atoms with van der Waals surface area (Å²) < 4.78 is 12.9. The second-order valence-electron chi connectivity index (χ2n) is 8.24. The molecule has 0 fully saturated rings.